The first-order chi connectivity index (χ1) is 10.1. The third-order valence-corrected chi connectivity index (χ3v) is 4.57. The summed E-state index contributed by atoms with van der Waals surface area (Å²) in [6, 6.07) is 7.59. The van der Waals surface area contributed by atoms with Gasteiger partial charge in [-0.3, -0.25) is 0 Å². The van der Waals surface area contributed by atoms with Gasteiger partial charge in [-0.05, 0) is 35.7 Å². The second kappa shape index (κ2) is 5.73. The Bertz CT molecular complexity index is 682. The fourth-order valence-corrected chi connectivity index (χ4v) is 3.50. The summed E-state index contributed by atoms with van der Waals surface area (Å²) in [6.07, 6.45) is 0.755. The third kappa shape index (κ3) is 2.85. The molecule has 21 heavy (non-hydrogen) atoms. The molecule has 2 heterocycles. The summed E-state index contributed by atoms with van der Waals surface area (Å²) in [5.74, 6) is 0. The predicted octanol–water partition coefficient (Wildman–Crippen LogP) is 2.57. The zero-order valence-corrected chi connectivity index (χ0v) is 12.6. The molecule has 0 aliphatic carbocycles. The molecule has 6 heteroatoms. The molecule has 1 aliphatic rings. The monoisotopic (exact) mass is 303 g/mol. The Morgan fingerprint density at radius 2 is 2.29 bits per heavy atom. The molecular weight excluding hydrogens is 286 g/mol. The van der Waals surface area contributed by atoms with Gasteiger partial charge >= 0.3 is 12.1 Å². The lowest BCUT2D eigenvalue weighted by molar-refractivity contribution is 0.196. The summed E-state index contributed by atoms with van der Waals surface area (Å²) < 4.78 is 1.25. The van der Waals surface area contributed by atoms with E-state index < -0.39 is 0 Å². The minimum atomic E-state index is -0.322. The first-order valence-electron chi connectivity index (χ1n) is 6.96. The van der Waals surface area contributed by atoms with Crippen molar-refractivity contribution < 1.29 is 9.59 Å². The van der Waals surface area contributed by atoms with Gasteiger partial charge in [0, 0.05) is 23.8 Å². The molecule has 4 amide bonds. The van der Waals surface area contributed by atoms with Gasteiger partial charge in [0.1, 0.15) is 0 Å². The van der Waals surface area contributed by atoms with Crippen LogP contribution in [0.5, 0.6) is 0 Å². The first-order valence-corrected chi connectivity index (χ1v) is 7.84. The molecule has 0 radical (unpaired) electrons. The maximum Gasteiger partial charge on any atom is 0.325 e. The topological polar surface area (TPSA) is 61.4 Å². The molecule has 0 spiro atoms. The van der Waals surface area contributed by atoms with E-state index in [0.717, 1.165) is 6.42 Å². The van der Waals surface area contributed by atoms with E-state index in [2.05, 4.69) is 28.1 Å². The summed E-state index contributed by atoms with van der Waals surface area (Å²) >= 11 is 1.71. The fourth-order valence-electron chi connectivity index (χ4n) is 2.53. The molecule has 110 valence electrons. The van der Waals surface area contributed by atoms with E-state index in [1.54, 1.807) is 11.3 Å². The van der Waals surface area contributed by atoms with Gasteiger partial charge in [-0.25, -0.2) is 14.5 Å². The molecule has 1 aromatic carbocycles. The average molecular weight is 303 g/mol. The van der Waals surface area contributed by atoms with Gasteiger partial charge < -0.3 is 10.6 Å². The number of thiophene rings is 1. The number of carbonyl (C=O) groups excluding carboxylic acids is 2. The Kier molecular flexibility index (Phi) is 3.79. The largest absolute Gasteiger partial charge is 0.336 e. The minimum Gasteiger partial charge on any atom is -0.336 e. The van der Waals surface area contributed by atoms with Crippen molar-refractivity contribution >= 4 is 33.5 Å². The summed E-state index contributed by atoms with van der Waals surface area (Å²) in [6.45, 7) is 2.91. The number of nitrogens with one attached hydrogen (secondary N) is 2. The van der Waals surface area contributed by atoms with Crippen molar-refractivity contribution in [1.82, 2.24) is 15.5 Å². The lowest BCUT2D eigenvalue weighted by Gasteiger charge is -2.18. The number of fused-ring (bicyclic) bond motifs is 1. The van der Waals surface area contributed by atoms with Crippen LogP contribution in [0, 0.1) is 0 Å². The van der Waals surface area contributed by atoms with Crippen LogP contribution in [0.3, 0.4) is 0 Å². The molecule has 0 unspecified atom stereocenters. The highest BCUT2D eigenvalue weighted by Crippen LogP contribution is 2.26. The Hall–Kier alpha value is -2.08. The van der Waals surface area contributed by atoms with Crippen LogP contribution in [-0.4, -0.2) is 36.1 Å². The molecule has 2 N–H and O–H groups in total. The third-order valence-electron chi connectivity index (χ3n) is 3.56. The molecule has 3 rings (SSSR count). The Morgan fingerprint density at radius 1 is 1.48 bits per heavy atom. The normalized spacial score (nSPS) is 16.0. The van der Waals surface area contributed by atoms with Crippen molar-refractivity contribution in [3.05, 3.63) is 35.2 Å². The zero-order valence-electron chi connectivity index (χ0n) is 11.8. The van der Waals surface area contributed by atoms with E-state index in [-0.39, 0.29) is 18.1 Å². The average Bonchev–Trinajstić information content (AvgIpc) is 3.06. The van der Waals surface area contributed by atoms with Gasteiger partial charge in [0.25, 0.3) is 0 Å². The number of urea groups is 2. The highest BCUT2D eigenvalue weighted by Gasteiger charge is 2.26. The van der Waals surface area contributed by atoms with E-state index in [0.29, 0.717) is 13.1 Å². The van der Waals surface area contributed by atoms with Crippen LogP contribution in [0.15, 0.2) is 29.6 Å². The molecule has 1 saturated heterocycles. The highest BCUT2D eigenvalue weighted by atomic mass is 32.1. The zero-order chi connectivity index (χ0) is 14.8. The van der Waals surface area contributed by atoms with Crippen molar-refractivity contribution in [2.24, 2.45) is 0 Å². The van der Waals surface area contributed by atoms with E-state index in [4.69, 9.17) is 0 Å². The number of nitrogens with zero attached hydrogens (tertiary/aromatic N) is 1. The van der Waals surface area contributed by atoms with Crippen molar-refractivity contribution in [2.45, 2.75) is 19.4 Å². The quantitative estimate of drug-likeness (QED) is 0.915. The van der Waals surface area contributed by atoms with E-state index in [1.807, 2.05) is 19.1 Å². The van der Waals surface area contributed by atoms with E-state index >= 15 is 0 Å². The molecule has 1 aliphatic heterocycles. The number of hydrogen-bond donors (Lipinski definition) is 2. The smallest absolute Gasteiger partial charge is 0.325 e. The molecule has 0 saturated carbocycles. The van der Waals surface area contributed by atoms with Gasteiger partial charge in [0.15, 0.2) is 0 Å². The van der Waals surface area contributed by atoms with Crippen LogP contribution in [0.1, 0.15) is 12.5 Å². The number of benzene rings is 1. The second-order valence-electron chi connectivity index (χ2n) is 5.20. The molecule has 2 aromatic rings. The van der Waals surface area contributed by atoms with Gasteiger partial charge in [0.05, 0.1) is 0 Å². The summed E-state index contributed by atoms with van der Waals surface area (Å²) in [5, 5.41) is 8.88. The molecule has 1 fully saturated rings. The van der Waals surface area contributed by atoms with Crippen molar-refractivity contribution in [3.63, 3.8) is 0 Å². The van der Waals surface area contributed by atoms with Crippen molar-refractivity contribution in [3.8, 4) is 0 Å². The standard InChI is InChI=1S/C15H17N3O2S/c1-10(17-15(20)18-7-6-16-14(18)19)8-11-9-21-13-5-3-2-4-12(11)13/h2-5,9-10H,6-8H2,1H3,(H,16,19)(H,17,20)/t10-/m0/s1. The number of carbonyl (C=O) groups is 2. The maximum atomic E-state index is 12.0. The van der Waals surface area contributed by atoms with E-state index in [9.17, 15) is 9.59 Å². The van der Waals surface area contributed by atoms with Crippen LogP contribution >= 0.6 is 11.3 Å². The van der Waals surface area contributed by atoms with Gasteiger partial charge in [-0.1, -0.05) is 18.2 Å². The van der Waals surface area contributed by atoms with Crippen LogP contribution in [0.25, 0.3) is 10.1 Å². The number of hydrogen-bond acceptors (Lipinski definition) is 3. The van der Waals surface area contributed by atoms with Crippen LogP contribution in [0.4, 0.5) is 9.59 Å². The van der Waals surface area contributed by atoms with Crippen molar-refractivity contribution in [2.75, 3.05) is 13.1 Å². The highest BCUT2D eigenvalue weighted by molar-refractivity contribution is 7.17. The number of imide groups is 1. The summed E-state index contributed by atoms with van der Waals surface area (Å²) in [5.41, 5.74) is 1.23. The second-order valence-corrected chi connectivity index (χ2v) is 6.11. The van der Waals surface area contributed by atoms with E-state index in [1.165, 1.54) is 20.5 Å². The fraction of sp³-hybridized carbons (Fsp3) is 0.333. The minimum absolute atomic E-state index is 0.0242. The number of rotatable bonds is 3. The lowest BCUT2D eigenvalue weighted by atomic mass is 10.1. The van der Waals surface area contributed by atoms with Crippen LogP contribution < -0.4 is 10.6 Å². The molecular formula is C15H17N3O2S. The van der Waals surface area contributed by atoms with Crippen LogP contribution in [-0.2, 0) is 6.42 Å². The van der Waals surface area contributed by atoms with Crippen LogP contribution in [0.2, 0.25) is 0 Å². The summed E-state index contributed by atoms with van der Waals surface area (Å²) in [4.78, 5) is 24.7. The Morgan fingerprint density at radius 3 is 3.05 bits per heavy atom. The summed E-state index contributed by atoms with van der Waals surface area (Å²) in [7, 11) is 0. The first kappa shape index (κ1) is 13.9. The molecule has 1 atom stereocenters. The van der Waals surface area contributed by atoms with Crippen molar-refractivity contribution in [1.29, 1.82) is 0 Å². The molecule has 5 nitrogen and oxygen atoms in total. The SMILES string of the molecule is C[C@@H](Cc1csc2ccccc12)NC(=O)N1CCNC1=O. The number of amides is 4. The lowest BCUT2D eigenvalue weighted by Crippen LogP contribution is -2.45. The van der Waals surface area contributed by atoms with Gasteiger partial charge in [-0.15, -0.1) is 11.3 Å². The van der Waals surface area contributed by atoms with Gasteiger partial charge in [0.2, 0.25) is 0 Å². The molecule has 0 bridgehead atoms. The Balaban J connectivity index is 1.65. The maximum absolute atomic E-state index is 12.0. The Labute approximate surface area is 126 Å². The predicted molar refractivity (Wildman–Crippen MR) is 83.6 cm³/mol. The van der Waals surface area contributed by atoms with Gasteiger partial charge in [-0.2, -0.15) is 0 Å². The molecule has 1 aromatic heterocycles.